The highest BCUT2D eigenvalue weighted by Gasteiger charge is 2.19. The van der Waals surface area contributed by atoms with Crippen molar-refractivity contribution in [3.8, 4) is 0 Å². The highest BCUT2D eigenvalue weighted by atomic mass is 32.1. The number of hydrogen-bond acceptors (Lipinski definition) is 8. The van der Waals surface area contributed by atoms with E-state index in [-0.39, 0.29) is 5.91 Å². The van der Waals surface area contributed by atoms with Crippen molar-refractivity contribution in [3.05, 3.63) is 35.5 Å². The van der Waals surface area contributed by atoms with Gasteiger partial charge in [0.15, 0.2) is 17.1 Å². The lowest BCUT2D eigenvalue weighted by molar-refractivity contribution is 0.103. The van der Waals surface area contributed by atoms with Crippen LogP contribution in [0.3, 0.4) is 0 Å². The van der Waals surface area contributed by atoms with E-state index in [0.29, 0.717) is 16.1 Å². The fourth-order valence-corrected chi connectivity index (χ4v) is 5.01. The van der Waals surface area contributed by atoms with E-state index in [4.69, 9.17) is 9.15 Å². The number of carbonyl (C=O) groups excluding carboxylic acids is 1. The largest absolute Gasteiger partial charge is 0.443 e. The molecule has 7 nitrogen and oxygen atoms in total. The number of rotatable bonds is 3. The number of thiazole rings is 1. The van der Waals surface area contributed by atoms with Gasteiger partial charge in [-0.05, 0) is 18.2 Å². The van der Waals surface area contributed by atoms with Crippen LogP contribution in [0.15, 0.2) is 35.1 Å². The number of morpholine rings is 1. The number of nitrogens with one attached hydrogen (secondary N) is 1. The zero-order valence-corrected chi connectivity index (χ0v) is 15.2. The quantitative estimate of drug-likeness (QED) is 0.580. The molecular weight excluding hydrogens is 372 g/mol. The van der Waals surface area contributed by atoms with Crippen molar-refractivity contribution in [2.45, 2.75) is 0 Å². The average molecular weight is 386 g/mol. The van der Waals surface area contributed by atoms with Crippen LogP contribution in [0.2, 0.25) is 0 Å². The third-order valence-electron chi connectivity index (χ3n) is 4.17. The van der Waals surface area contributed by atoms with Crippen molar-refractivity contribution in [2.75, 3.05) is 36.5 Å². The van der Waals surface area contributed by atoms with E-state index in [9.17, 15) is 4.79 Å². The van der Waals surface area contributed by atoms with Crippen LogP contribution < -0.4 is 10.2 Å². The summed E-state index contributed by atoms with van der Waals surface area (Å²) in [6, 6.07) is 7.31. The van der Waals surface area contributed by atoms with Crippen molar-refractivity contribution in [1.29, 1.82) is 0 Å². The van der Waals surface area contributed by atoms with Crippen molar-refractivity contribution in [1.82, 2.24) is 9.97 Å². The fraction of sp³-hybridized carbons (Fsp3) is 0.235. The molecule has 0 bridgehead atoms. The number of thiophene rings is 1. The van der Waals surface area contributed by atoms with Gasteiger partial charge in [-0.3, -0.25) is 4.79 Å². The lowest BCUT2D eigenvalue weighted by Crippen LogP contribution is -2.36. The summed E-state index contributed by atoms with van der Waals surface area (Å²) in [4.78, 5) is 25.1. The molecule has 9 heteroatoms. The first-order chi connectivity index (χ1) is 12.8. The molecule has 0 unspecified atom stereocenters. The SMILES string of the molecule is O=C(Nc1ccc2ncoc2c1)c1cc2sc(N3CCOCC3)nc2s1. The summed E-state index contributed by atoms with van der Waals surface area (Å²) in [5, 5.41) is 3.90. The van der Waals surface area contributed by atoms with Crippen LogP contribution in [-0.2, 0) is 4.74 Å². The zero-order chi connectivity index (χ0) is 17.5. The molecule has 1 fully saturated rings. The molecule has 4 aromatic rings. The van der Waals surface area contributed by atoms with Gasteiger partial charge in [-0.1, -0.05) is 11.3 Å². The van der Waals surface area contributed by atoms with Crippen LogP contribution in [0, 0.1) is 0 Å². The third-order valence-corrected chi connectivity index (χ3v) is 6.39. The summed E-state index contributed by atoms with van der Waals surface area (Å²) in [7, 11) is 0. The topological polar surface area (TPSA) is 80.5 Å². The molecule has 0 radical (unpaired) electrons. The normalized spacial score (nSPS) is 15.0. The van der Waals surface area contributed by atoms with Crippen molar-refractivity contribution in [3.63, 3.8) is 0 Å². The number of ether oxygens (including phenoxy) is 1. The maximum Gasteiger partial charge on any atom is 0.265 e. The standard InChI is InChI=1S/C17H14N4O3S2/c22-15(19-10-1-2-11-12(7-10)24-9-18-11)13-8-14-16(25-13)20-17(26-14)21-3-5-23-6-4-21/h1-2,7-9H,3-6H2,(H,19,22). The van der Waals surface area contributed by atoms with E-state index in [1.807, 2.05) is 18.2 Å². The Morgan fingerprint density at radius 3 is 2.92 bits per heavy atom. The van der Waals surface area contributed by atoms with Crippen LogP contribution in [-0.4, -0.2) is 42.2 Å². The Morgan fingerprint density at radius 1 is 1.19 bits per heavy atom. The highest BCUT2D eigenvalue weighted by Crippen LogP contribution is 2.35. The lowest BCUT2D eigenvalue weighted by atomic mass is 10.3. The molecule has 1 aromatic carbocycles. The number of nitrogens with zero attached hydrogens (tertiary/aromatic N) is 3. The second-order valence-electron chi connectivity index (χ2n) is 5.86. The van der Waals surface area contributed by atoms with Crippen LogP contribution in [0.5, 0.6) is 0 Å². The predicted molar refractivity (Wildman–Crippen MR) is 102 cm³/mol. The van der Waals surface area contributed by atoms with Crippen molar-refractivity contribution < 1.29 is 13.9 Å². The number of benzene rings is 1. The highest BCUT2D eigenvalue weighted by molar-refractivity contribution is 7.29. The third kappa shape index (κ3) is 2.83. The Kier molecular flexibility index (Phi) is 3.84. The molecule has 132 valence electrons. The van der Waals surface area contributed by atoms with Crippen LogP contribution in [0.1, 0.15) is 9.67 Å². The van der Waals surface area contributed by atoms with Gasteiger partial charge in [0.25, 0.3) is 5.91 Å². The smallest absolute Gasteiger partial charge is 0.265 e. The summed E-state index contributed by atoms with van der Waals surface area (Å²) in [6.45, 7) is 3.18. The molecule has 1 aliphatic heterocycles. The number of carbonyl (C=O) groups is 1. The second kappa shape index (κ2) is 6.35. The predicted octanol–water partition coefficient (Wildman–Crippen LogP) is 3.59. The molecule has 0 spiro atoms. The van der Waals surface area contributed by atoms with E-state index in [2.05, 4.69) is 20.2 Å². The molecule has 0 atom stereocenters. The lowest BCUT2D eigenvalue weighted by Gasteiger charge is -2.25. The Balaban J connectivity index is 1.36. The van der Waals surface area contributed by atoms with E-state index in [1.165, 1.54) is 17.7 Å². The van der Waals surface area contributed by atoms with Gasteiger partial charge in [0.05, 0.1) is 22.8 Å². The summed E-state index contributed by atoms with van der Waals surface area (Å²) >= 11 is 3.03. The van der Waals surface area contributed by atoms with Gasteiger partial charge >= 0.3 is 0 Å². The van der Waals surface area contributed by atoms with Gasteiger partial charge < -0.3 is 19.4 Å². The maximum absolute atomic E-state index is 12.5. The van der Waals surface area contributed by atoms with Gasteiger partial charge in [0.2, 0.25) is 0 Å². The maximum atomic E-state index is 12.5. The molecule has 1 aliphatic rings. The minimum absolute atomic E-state index is 0.146. The van der Waals surface area contributed by atoms with Gasteiger partial charge in [-0.25, -0.2) is 9.97 Å². The fourth-order valence-electron chi connectivity index (χ4n) is 2.85. The van der Waals surface area contributed by atoms with Crippen LogP contribution in [0.25, 0.3) is 20.6 Å². The molecular formula is C17H14N4O3S2. The van der Waals surface area contributed by atoms with Crippen LogP contribution >= 0.6 is 22.7 Å². The Labute approximate surface area is 156 Å². The molecule has 4 heterocycles. The molecule has 0 aliphatic carbocycles. The molecule has 1 saturated heterocycles. The molecule has 5 rings (SSSR count). The summed E-state index contributed by atoms with van der Waals surface area (Å²) in [6.07, 6.45) is 1.39. The molecule has 26 heavy (non-hydrogen) atoms. The first kappa shape index (κ1) is 15.7. The Hall–Kier alpha value is -2.49. The zero-order valence-electron chi connectivity index (χ0n) is 13.6. The van der Waals surface area contributed by atoms with Crippen LogP contribution in [0.4, 0.5) is 10.8 Å². The van der Waals surface area contributed by atoms with Gasteiger partial charge in [0, 0.05) is 24.8 Å². The molecule has 1 N–H and O–H groups in total. The Morgan fingerprint density at radius 2 is 2.08 bits per heavy atom. The van der Waals surface area contributed by atoms with Crippen molar-refractivity contribution >= 4 is 60.0 Å². The summed E-state index contributed by atoms with van der Waals surface area (Å²) in [5.74, 6) is -0.146. The number of oxazole rings is 1. The first-order valence-electron chi connectivity index (χ1n) is 8.14. The van der Waals surface area contributed by atoms with E-state index < -0.39 is 0 Å². The van der Waals surface area contributed by atoms with E-state index in [1.54, 1.807) is 17.4 Å². The van der Waals surface area contributed by atoms with Gasteiger partial charge in [-0.2, -0.15) is 0 Å². The summed E-state index contributed by atoms with van der Waals surface area (Å²) in [5.41, 5.74) is 2.09. The first-order valence-corrected chi connectivity index (χ1v) is 9.77. The van der Waals surface area contributed by atoms with E-state index in [0.717, 1.165) is 46.5 Å². The number of fused-ring (bicyclic) bond motifs is 2. The number of amides is 1. The van der Waals surface area contributed by atoms with E-state index >= 15 is 0 Å². The Bertz CT molecular complexity index is 1060. The second-order valence-corrected chi connectivity index (χ2v) is 7.90. The van der Waals surface area contributed by atoms with Gasteiger partial charge in [-0.15, -0.1) is 11.3 Å². The van der Waals surface area contributed by atoms with Crippen molar-refractivity contribution in [2.24, 2.45) is 0 Å². The number of hydrogen-bond donors (Lipinski definition) is 1. The number of anilines is 2. The molecule has 3 aromatic heterocycles. The minimum atomic E-state index is -0.146. The number of aromatic nitrogens is 2. The molecule has 1 amide bonds. The minimum Gasteiger partial charge on any atom is -0.443 e. The van der Waals surface area contributed by atoms with Gasteiger partial charge in [0.1, 0.15) is 10.3 Å². The molecule has 0 saturated carbocycles. The average Bonchev–Trinajstić information content (AvgIpc) is 3.36. The summed E-state index contributed by atoms with van der Waals surface area (Å²) < 4.78 is 11.7. The monoisotopic (exact) mass is 386 g/mol.